The SMILES string of the molecule is CCCC(CCC#N)(CCC#N)C(C)=O. The van der Waals surface area contributed by atoms with E-state index in [1.165, 1.54) is 0 Å². The molecule has 0 radical (unpaired) electrons. The van der Waals surface area contributed by atoms with Crippen molar-refractivity contribution in [3.63, 3.8) is 0 Å². The first-order valence-electron chi connectivity index (χ1n) is 5.38. The summed E-state index contributed by atoms with van der Waals surface area (Å²) in [7, 11) is 0. The largest absolute Gasteiger partial charge is 0.299 e. The van der Waals surface area contributed by atoms with E-state index in [1.54, 1.807) is 6.92 Å². The van der Waals surface area contributed by atoms with Crippen LogP contribution in [0.4, 0.5) is 0 Å². The van der Waals surface area contributed by atoms with Gasteiger partial charge in [-0.15, -0.1) is 0 Å². The smallest absolute Gasteiger partial charge is 0.136 e. The summed E-state index contributed by atoms with van der Waals surface area (Å²) in [6.45, 7) is 3.60. The molecule has 82 valence electrons. The first-order valence-corrected chi connectivity index (χ1v) is 5.38. The first-order chi connectivity index (χ1) is 7.13. The van der Waals surface area contributed by atoms with Crippen molar-refractivity contribution >= 4 is 5.78 Å². The monoisotopic (exact) mass is 206 g/mol. The van der Waals surface area contributed by atoms with Crippen LogP contribution in [-0.4, -0.2) is 5.78 Å². The van der Waals surface area contributed by atoms with Gasteiger partial charge in [0, 0.05) is 18.3 Å². The Hall–Kier alpha value is -1.35. The van der Waals surface area contributed by atoms with E-state index < -0.39 is 5.41 Å². The third kappa shape index (κ3) is 4.13. The van der Waals surface area contributed by atoms with Gasteiger partial charge in [0.05, 0.1) is 12.1 Å². The molecule has 0 fully saturated rings. The number of nitrogens with zero attached hydrogens (tertiary/aromatic N) is 2. The molecule has 0 aliphatic rings. The fourth-order valence-corrected chi connectivity index (χ4v) is 1.97. The van der Waals surface area contributed by atoms with Crippen molar-refractivity contribution in [2.75, 3.05) is 0 Å². The maximum absolute atomic E-state index is 11.6. The lowest BCUT2D eigenvalue weighted by molar-refractivity contribution is -0.127. The molecule has 0 aromatic rings. The molecule has 0 unspecified atom stereocenters. The van der Waals surface area contributed by atoms with Gasteiger partial charge in [0.25, 0.3) is 0 Å². The maximum Gasteiger partial charge on any atom is 0.136 e. The third-order valence-corrected chi connectivity index (χ3v) is 2.91. The maximum atomic E-state index is 11.6. The molecular weight excluding hydrogens is 188 g/mol. The topological polar surface area (TPSA) is 64.7 Å². The molecule has 0 aliphatic carbocycles. The Balaban J connectivity index is 4.66. The van der Waals surface area contributed by atoms with Gasteiger partial charge in [0.15, 0.2) is 0 Å². The zero-order valence-electron chi connectivity index (χ0n) is 9.55. The van der Waals surface area contributed by atoms with E-state index in [-0.39, 0.29) is 5.78 Å². The van der Waals surface area contributed by atoms with Crippen LogP contribution in [0.15, 0.2) is 0 Å². The third-order valence-electron chi connectivity index (χ3n) is 2.91. The number of hydrogen-bond acceptors (Lipinski definition) is 3. The fourth-order valence-electron chi connectivity index (χ4n) is 1.97. The van der Waals surface area contributed by atoms with Gasteiger partial charge in [-0.3, -0.25) is 4.79 Å². The quantitative estimate of drug-likeness (QED) is 0.643. The minimum Gasteiger partial charge on any atom is -0.299 e. The highest BCUT2D eigenvalue weighted by Gasteiger charge is 2.33. The second-order valence-corrected chi connectivity index (χ2v) is 3.90. The standard InChI is InChI=1S/C12H18N2O/c1-3-6-12(11(2)15,7-4-9-13)8-5-10-14/h3-8H2,1-2H3. The molecule has 0 aromatic carbocycles. The molecule has 0 aliphatic heterocycles. The van der Waals surface area contributed by atoms with E-state index in [9.17, 15) is 4.79 Å². The van der Waals surface area contributed by atoms with Gasteiger partial charge in [-0.1, -0.05) is 13.3 Å². The average molecular weight is 206 g/mol. The van der Waals surface area contributed by atoms with Crippen LogP contribution in [0.2, 0.25) is 0 Å². The molecular formula is C12H18N2O. The van der Waals surface area contributed by atoms with E-state index in [4.69, 9.17) is 10.5 Å². The Morgan fingerprint density at radius 1 is 1.13 bits per heavy atom. The number of carbonyl (C=O) groups is 1. The van der Waals surface area contributed by atoms with Crippen molar-refractivity contribution < 1.29 is 4.79 Å². The van der Waals surface area contributed by atoms with Crippen LogP contribution in [0, 0.1) is 28.1 Å². The number of nitriles is 2. The van der Waals surface area contributed by atoms with Crippen LogP contribution in [0.3, 0.4) is 0 Å². The molecule has 0 N–H and O–H groups in total. The number of rotatable bonds is 7. The predicted molar refractivity (Wildman–Crippen MR) is 57.7 cm³/mol. The Bertz CT molecular complexity index is 265. The molecule has 0 saturated carbocycles. The molecule has 0 aromatic heterocycles. The van der Waals surface area contributed by atoms with Crippen molar-refractivity contribution in [3.8, 4) is 12.1 Å². The number of hydrogen-bond donors (Lipinski definition) is 0. The van der Waals surface area contributed by atoms with Gasteiger partial charge in [-0.25, -0.2) is 0 Å². The van der Waals surface area contributed by atoms with E-state index in [1.807, 2.05) is 6.92 Å². The van der Waals surface area contributed by atoms with Gasteiger partial charge < -0.3 is 0 Å². The van der Waals surface area contributed by atoms with Gasteiger partial charge in [-0.05, 0) is 26.2 Å². The minimum atomic E-state index is -0.430. The van der Waals surface area contributed by atoms with E-state index >= 15 is 0 Å². The van der Waals surface area contributed by atoms with Crippen molar-refractivity contribution in [2.45, 2.75) is 52.4 Å². The Morgan fingerprint density at radius 3 is 1.87 bits per heavy atom. The van der Waals surface area contributed by atoms with Crippen molar-refractivity contribution in [2.24, 2.45) is 5.41 Å². The number of ketones is 1. The molecule has 0 saturated heterocycles. The van der Waals surface area contributed by atoms with Crippen LogP contribution >= 0.6 is 0 Å². The molecule has 0 heterocycles. The Kier molecular flexibility index (Phi) is 6.38. The van der Waals surface area contributed by atoms with E-state index in [2.05, 4.69) is 12.1 Å². The lowest BCUT2D eigenvalue weighted by Gasteiger charge is -2.29. The van der Waals surface area contributed by atoms with Crippen LogP contribution in [-0.2, 0) is 4.79 Å². The Labute approximate surface area is 91.7 Å². The summed E-state index contributed by atoms with van der Waals surface area (Å²) < 4.78 is 0. The molecule has 3 heteroatoms. The Morgan fingerprint density at radius 2 is 1.60 bits per heavy atom. The summed E-state index contributed by atoms with van der Waals surface area (Å²) in [5.74, 6) is 0.120. The van der Waals surface area contributed by atoms with Crippen LogP contribution in [0.1, 0.15) is 52.4 Å². The van der Waals surface area contributed by atoms with Crippen LogP contribution in [0.25, 0.3) is 0 Å². The van der Waals surface area contributed by atoms with Crippen LogP contribution < -0.4 is 0 Å². The highest BCUT2D eigenvalue weighted by molar-refractivity contribution is 5.82. The second-order valence-electron chi connectivity index (χ2n) is 3.90. The molecule has 15 heavy (non-hydrogen) atoms. The summed E-state index contributed by atoms with van der Waals surface area (Å²) in [4.78, 5) is 11.6. The summed E-state index contributed by atoms with van der Waals surface area (Å²) >= 11 is 0. The predicted octanol–water partition coefficient (Wildman–Crippen LogP) is 2.97. The van der Waals surface area contributed by atoms with Crippen molar-refractivity contribution in [1.82, 2.24) is 0 Å². The lowest BCUT2D eigenvalue weighted by Crippen LogP contribution is -2.29. The highest BCUT2D eigenvalue weighted by atomic mass is 16.1. The molecule has 3 nitrogen and oxygen atoms in total. The van der Waals surface area contributed by atoms with E-state index in [0.717, 1.165) is 12.8 Å². The zero-order chi connectivity index (χ0) is 11.7. The summed E-state index contributed by atoms with van der Waals surface area (Å²) in [6, 6.07) is 4.16. The zero-order valence-corrected chi connectivity index (χ0v) is 9.55. The molecule has 0 bridgehead atoms. The number of carbonyl (C=O) groups excluding carboxylic acids is 1. The van der Waals surface area contributed by atoms with Crippen LogP contribution in [0.5, 0.6) is 0 Å². The van der Waals surface area contributed by atoms with Crippen molar-refractivity contribution in [3.05, 3.63) is 0 Å². The number of Topliss-reactive ketones (excluding diaryl/α,β-unsaturated/α-hetero) is 1. The molecule has 0 amide bonds. The summed E-state index contributed by atoms with van der Waals surface area (Å²) in [5.41, 5.74) is -0.430. The first kappa shape index (κ1) is 13.7. The van der Waals surface area contributed by atoms with Gasteiger partial charge in [0.1, 0.15) is 5.78 Å². The van der Waals surface area contributed by atoms with Gasteiger partial charge in [0.2, 0.25) is 0 Å². The molecule has 0 rings (SSSR count). The average Bonchev–Trinajstić information content (AvgIpc) is 2.22. The lowest BCUT2D eigenvalue weighted by atomic mass is 9.73. The highest BCUT2D eigenvalue weighted by Crippen LogP contribution is 2.35. The molecule has 0 spiro atoms. The van der Waals surface area contributed by atoms with Crippen molar-refractivity contribution in [1.29, 1.82) is 10.5 Å². The summed E-state index contributed by atoms with van der Waals surface area (Å²) in [5, 5.41) is 17.2. The summed E-state index contributed by atoms with van der Waals surface area (Å²) in [6.07, 6.45) is 3.67. The second kappa shape index (κ2) is 7.01. The minimum absolute atomic E-state index is 0.120. The van der Waals surface area contributed by atoms with E-state index in [0.29, 0.717) is 25.7 Å². The van der Waals surface area contributed by atoms with Gasteiger partial charge >= 0.3 is 0 Å². The fraction of sp³-hybridized carbons (Fsp3) is 0.750. The normalized spacial score (nSPS) is 10.4. The van der Waals surface area contributed by atoms with Gasteiger partial charge in [-0.2, -0.15) is 10.5 Å². The molecule has 0 atom stereocenters.